The zero-order valence-corrected chi connectivity index (χ0v) is 7.39. The second-order valence-corrected chi connectivity index (χ2v) is 4.53. The van der Waals surface area contributed by atoms with E-state index in [1.165, 1.54) is 0 Å². The van der Waals surface area contributed by atoms with Gasteiger partial charge in [0, 0.05) is 11.8 Å². The first-order valence-corrected chi connectivity index (χ1v) is 4.35. The number of rotatable bonds is 0. The molecule has 2 fully saturated rings. The van der Waals surface area contributed by atoms with Gasteiger partial charge >= 0.3 is 0 Å². The maximum Gasteiger partial charge on any atom is 0.230 e. The van der Waals surface area contributed by atoms with E-state index in [4.69, 9.17) is 0 Å². The summed E-state index contributed by atoms with van der Waals surface area (Å²) in [4.78, 5) is 22.6. The molecule has 0 unspecified atom stereocenters. The molecule has 1 saturated carbocycles. The number of piperidine rings is 1. The Hall–Kier alpha value is -0.860. The van der Waals surface area contributed by atoms with Crippen LogP contribution in [0.15, 0.2) is 0 Å². The van der Waals surface area contributed by atoms with Crippen LogP contribution in [0.5, 0.6) is 0 Å². The minimum absolute atomic E-state index is 0.0148. The molecule has 0 radical (unpaired) electrons. The van der Waals surface area contributed by atoms with Gasteiger partial charge in [-0.3, -0.25) is 14.9 Å². The lowest BCUT2D eigenvalue weighted by Crippen LogP contribution is -2.43. The topological polar surface area (TPSA) is 46.2 Å². The fourth-order valence-electron chi connectivity index (χ4n) is 2.44. The Kier molecular flexibility index (Phi) is 1.35. The Morgan fingerprint density at radius 2 is 2.00 bits per heavy atom. The monoisotopic (exact) mass is 167 g/mol. The van der Waals surface area contributed by atoms with Gasteiger partial charge in [0.15, 0.2) is 0 Å². The van der Waals surface area contributed by atoms with Gasteiger partial charge in [-0.1, -0.05) is 13.8 Å². The molecule has 1 saturated heterocycles. The Morgan fingerprint density at radius 1 is 1.33 bits per heavy atom. The summed E-state index contributed by atoms with van der Waals surface area (Å²) < 4.78 is 0. The number of hydrogen-bond donors (Lipinski definition) is 1. The summed E-state index contributed by atoms with van der Waals surface area (Å²) in [6.45, 7) is 4.13. The van der Waals surface area contributed by atoms with Crippen molar-refractivity contribution in [1.82, 2.24) is 5.32 Å². The first kappa shape index (κ1) is 7.77. The molecule has 1 heterocycles. The van der Waals surface area contributed by atoms with E-state index < -0.39 is 0 Å². The summed E-state index contributed by atoms with van der Waals surface area (Å²) in [5.41, 5.74) is 0.0148. The van der Waals surface area contributed by atoms with Crippen molar-refractivity contribution >= 4 is 11.8 Å². The predicted molar refractivity (Wildman–Crippen MR) is 43.1 cm³/mol. The third-order valence-corrected chi connectivity index (χ3v) is 3.17. The summed E-state index contributed by atoms with van der Waals surface area (Å²) in [5.74, 6) is 0.00322. The molecule has 2 atom stereocenters. The van der Waals surface area contributed by atoms with Gasteiger partial charge in [0.2, 0.25) is 11.8 Å². The summed E-state index contributed by atoms with van der Waals surface area (Å²) >= 11 is 0. The van der Waals surface area contributed by atoms with Crippen LogP contribution in [0.4, 0.5) is 0 Å². The third-order valence-electron chi connectivity index (χ3n) is 3.17. The Labute approximate surface area is 71.5 Å². The zero-order valence-electron chi connectivity index (χ0n) is 7.39. The molecule has 12 heavy (non-hydrogen) atoms. The highest BCUT2D eigenvalue weighted by atomic mass is 16.2. The second-order valence-electron chi connectivity index (χ2n) is 4.53. The summed E-state index contributed by atoms with van der Waals surface area (Å²) in [5, 5.41) is 2.42. The molecule has 2 bridgehead atoms. The number of imide groups is 1. The van der Waals surface area contributed by atoms with Gasteiger partial charge in [0.25, 0.3) is 0 Å². The molecule has 1 aliphatic carbocycles. The largest absolute Gasteiger partial charge is 0.296 e. The lowest BCUT2D eigenvalue weighted by molar-refractivity contribution is -0.138. The van der Waals surface area contributed by atoms with E-state index in [0.717, 1.165) is 12.8 Å². The quantitative estimate of drug-likeness (QED) is 0.540. The van der Waals surface area contributed by atoms with Crippen molar-refractivity contribution < 1.29 is 9.59 Å². The molecule has 2 amide bonds. The average molecular weight is 167 g/mol. The van der Waals surface area contributed by atoms with Crippen molar-refractivity contribution in [2.45, 2.75) is 26.7 Å². The molecule has 66 valence electrons. The number of hydrogen-bond acceptors (Lipinski definition) is 2. The molecular formula is C9H13NO2. The van der Waals surface area contributed by atoms with Gasteiger partial charge in [-0.05, 0) is 18.3 Å². The van der Waals surface area contributed by atoms with Crippen molar-refractivity contribution in [3.63, 3.8) is 0 Å². The molecule has 0 spiro atoms. The van der Waals surface area contributed by atoms with E-state index in [9.17, 15) is 9.59 Å². The van der Waals surface area contributed by atoms with Gasteiger partial charge in [-0.25, -0.2) is 0 Å². The second kappa shape index (κ2) is 2.09. The normalized spacial score (nSPS) is 38.2. The number of amides is 2. The Bertz CT molecular complexity index is 257. The van der Waals surface area contributed by atoms with Crippen LogP contribution < -0.4 is 5.32 Å². The fourth-order valence-corrected chi connectivity index (χ4v) is 2.44. The number of carbonyl (C=O) groups is 2. The van der Waals surface area contributed by atoms with Gasteiger partial charge in [0.1, 0.15) is 0 Å². The standard InChI is InChI=1S/C9H13NO2/c1-9(2)4-5-3-6(9)8(12)10-7(5)11/h5-6H,3-4H2,1-2H3,(H,10,11,12)/t5-,6-/m0/s1. The van der Waals surface area contributed by atoms with Crippen LogP contribution in [0.3, 0.4) is 0 Å². The first-order valence-electron chi connectivity index (χ1n) is 4.35. The summed E-state index contributed by atoms with van der Waals surface area (Å²) in [6, 6.07) is 0. The molecule has 2 aliphatic rings. The van der Waals surface area contributed by atoms with E-state index in [1.54, 1.807) is 0 Å². The van der Waals surface area contributed by atoms with Crippen molar-refractivity contribution in [3.8, 4) is 0 Å². The average Bonchev–Trinajstić information content (AvgIpc) is 2.20. The minimum Gasteiger partial charge on any atom is -0.296 e. The van der Waals surface area contributed by atoms with Gasteiger partial charge in [-0.15, -0.1) is 0 Å². The van der Waals surface area contributed by atoms with Crippen LogP contribution in [-0.4, -0.2) is 11.8 Å². The minimum atomic E-state index is -0.0706. The Balaban J connectivity index is 2.33. The number of nitrogens with one attached hydrogen (secondary N) is 1. The molecule has 0 aromatic heterocycles. The highest BCUT2D eigenvalue weighted by molar-refractivity contribution is 6.01. The molecule has 3 nitrogen and oxygen atoms in total. The predicted octanol–water partition coefficient (Wildman–Crippen LogP) is 0.695. The summed E-state index contributed by atoms with van der Waals surface area (Å²) in [7, 11) is 0. The molecule has 1 N–H and O–H groups in total. The van der Waals surface area contributed by atoms with Crippen molar-refractivity contribution in [2.24, 2.45) is 17.3 Å². The van der Waals surface area contributed by atoms with E-state index in [2.05, 4.69) is 19.2 Å². The number of carbonyl (C=O) groups excluding carboxylic acids is 2. The van der Waals surface area contributed by atoms with Crippen molar-refractivity contribution in [3.05, 3.63) is 0 Å². The molecule has 2 rings (SSSR count). The first-order chi connectivity index (χ1) is 5.50. The smallest absolute Gasteiger partial charge is 0.230 e. The third kappa shape index (κ3) is 0.886. The van der Waals surface area contributed by atoms with Crippen LogP contribution >= 0.6 is 0 Å². The van der Waals surface area contributed by atoms with E-state index in [0.29, 0.717) is 0 Å². The number of fused-ring (bicyclic) bond motifs is 2. The SMILES string of the molecule is CC1(C)C[C@@H]2C[C@H]1C(=O)NC2=O. The van der Waals surface area contributed by atoms with Crippen LogP contribution in [0.2, 0.25) is 0 Å². The van der Waals surface area contributed by atoms with Gasteiger partial charge in [0.05, 0.1) is 0 Å². The maximum atomic E-state index is 11.3. The van der Waals surface area contributed by atoms with Gasteiger partial charge in [-0.2, -0.15) is 0 Å². The van der Waals surface area contributed by atoms with E-state index in [1.807, 2.05) is 0 Å². The maximum absolute atomic E-state index is 11.3. The van der Waals surface area contributed by atoms with Crippen LogP contribution in [0, 0.1) is 17.3 Å². The van der Waals surface area contributed by atoms with Crippen molar-refractivity contribution in [2.75, 3.05) is 0 Å². The highest BCUT2D eigenvalue weighted by Gasteiger charge is 2.50. The summed E-state index contributed by atoms with van der Waals surface area (Å²) in [6.07, 6.45) is 1.62. The van der Waals surface area contributed by atoms with Crippen LogP contribution in [-0.2, 0) is 9.59 Å². The molecule has 1 aliphatic heterocycles. The van der Waals surface area contributed by atoms with Gasteiger partial charge < -0.3 is 0 Å². The highest BCUT2D eigenvalue weighted by Crippen LogP contribution is 2.48. The molecule has 0 aromatic carbocycles. The zero-order chi connectivity index (χ0) is 8.93. The fraction of sp³-hybridized carbons (Fsp3) is 0.778. The van der Waals surface area contributed by atoms with Crippen molar-refractivity contribution in [1.29, 1.82) is 0 Å². The van der Waals surface area contributed by atoms with Crippen LogP contribution in [0.1, 0.15) is 26.7 Å². The van der Waals surface area contributed by atoms with E-state index >= 15 is 0 Å². The van der Waals surface area contributed by atoms with E-state index in [-0.39, 0.29) is 29.1 Å². The Morgan fingerprint density at radius 3 is 2.67 bits per heavy atom. The lowest BCUT2D eigenvalue weighted by atomic mass is 9.81. The molecular weight excluding hydrogens is 154 g/mol. The molecule has 0 aromatic rings. The molecule has 3 heteroatoms. The lowest BCUT2D eigenvalue weighted by Gasteiger charge is -2.24. The van der Waals surface area contributed by atoms with Crippen LogP contribution in [0.25, 0.3) is 0 Å².